The third kappa shape index (κ3) is 4.49. The van der Waals surface area contributed by atoms with Gasteiger partial charge >= 0.3 is 0 Å². The van der Waals surface area contributed by atoms with Gasteiger partial charge in [0, 0.05) is 17.2 Å². The molecule has 2 N–H and O–H groups in total. The van der Waals surface area contributed by atoms with Crippen LogP contribution >= 0.6 is 0 Å². The lowest BCUT2D eigenvalue weighted by molar-refractivity contribution is 0.491. The highest BCUT2D eigenvalue weighted by Gasteiger charge is 2.27. The zero-order valence-electron chi connectivity index (χ0n) is 14.0. The van der Waals surface area contributed by atoms with Crippen molar-refractivity contribution in [3.05, 3.63) is 53.0 Å². The Kier molecular flexibility index (Phi) is 6.02. The van der Waals surface area contributed by atoms with E-state index in [2.05, 4.69) is 10.1 Å². The third-order valence-corrected chi connectivity index (χ3v) is 5.02. The van der Waals surface area contributed by atoms with Crippen LogP contribution in [0.15, 0.2) is 35.8 Å². The van der Waals surface area contributed by atoms with E-state index in [1.54, 1.807) is 0 Å². The average Bonchev–Trinajstić information content (AvgIpc) is 3.05. The van der Waals surface area contributed by atoms with Gasteiger partial charge in [0.15, 0.2) is 0 Å². The van der Waals surface area contributed by atoms with Crippen molar-refractivity contribution < 1.29 is 17.2 Å². The maximum absolute atomic E-state index is 14.4. The van der Waals surface area contributed by atoms with Crippen LogP contribution in [0.4, 0.5) is 8.78 Å². The number of primary sulfonamides is 1. The van der Waals surface area contributed by atoms with E-state index in [1.807, 2.05) is 6.92 Å². The number of allylic oxidation sites excluding steroid dienone is 2. The molecule has 0 saturated carbocycles. The summed E-state index contributed by atoms with van der Waals surface area (Å²) in [6.07, 6.45) is 4.83. The molecule has 0 aliphatic carbocycles. The zero-order chi connectivity index (χ0) is 18.6. The van der Waals surface area contributed by atoms with Gasteiger partial charge in [0.2, 0.25) is 10.0 Å². The van der Waals surface area contributed by atoms with Crippen LogP contribution in [-0.2, 0) is 10.0 Å². The second-order valence-corrected chi connectivity index (χ2v) is 7.37. The van der Waals surface area contributed by atoms with Crippen LogP contribution in [0.3, 0.4) is 0 Å². The number of sulfonamides is 1. The van der Waals surface area contributed by atoms with E-state index in [1.165, 1.54) is 30.3 Å². The first kappa shape index (κ1) is 19.2. The number of hydrogen-bond acceptors (Lipinski definition) is 4. The van der Waals surface area contributed by atoms with Gasteiger partial charge < -0.3 is 0 Å². The second-order valence-electron chi connectivity index (χ2n) is 5.67. The molecule has 1 heterocycles. The van der Waals surface area contributed by atoms with Crippen molar-refractivity contribution in [2.75, 3.05) is 0 Å². The molecule has 0 saturated heterocycles. The number of aromatic nitrogens is 3. The first-order valence-electron chi connectivity index (χ1n) is 7.78. The molecule has 136 valence electrons. The van der Waals surface area contributed by atoms with E-state index in [0.717, 1.165) is 18.9 Å². The number of rotatable bonds is 7. The lowest BCUT2D eigenvalue weighted by Gasteiger charge is -2.23. The molecule has 1 unspecified atom stereocenters. The minimum Gasteiger partial charge on any atom is -0.245 e. The van der Waals surface area contributed by atoms with Crippen molar-refractivity contribution in [3.8, 4) is 0 Å². The van der Waals surface area contributed by atoms with Gasteiger partial charge in [-0.2, -0.15) is 5.10 Å². The van der Waals surface area contributed by atoms with Gasteiger partial charge in [0.05, 0.1) is 10.9 Å². The molecular formula is C16H20F2N4O2S. The third-order valence-electron chi connectivity index (χ3n) is 3.95. The van der Waals surface area contributed by atoms with Gasteiger partial charge in [-0.3, -0.25) is 0 Å². The number of nitrogens with two attached hydrogens (primary N) is 1. The molecule has 0 fully saturated rings. The zero-order valence-corrected chi connectivity index (χ0v) is 14.8. The Hall–Kier alpha value is -2.13. The van der Waals surface area contributed by atoms with E-state index in [0.29, 0.717) is 12.5 Å². The van der Waals surface area contributed by atoms with Crippen LogP contribution in [-0.4, -0.2) is 23.2 Å². The van der Waals surface area contributed by atoms with E-state index < -0.39 is 27.7 Å². The normalized spacial score (nSPS) is 14.3. The Morgan fingerprint density at radius 3 is 2.60 bits per heavy atom. The Morgan fingerprint density at radius 2 is 2.08 bits per heavy atom. The summed E-state index contributed by atoms with van der Waals surface area (Å²) in [6, 6.07) is 2.41. The molecule has 0 radical (unpaired) electrons. The van der Waals surface area contributed by atoms with Gasteiger partial charge in [0.25, 0.3) is 0 Å². The molecule has 1 aromatic heterocycles. The highest BCUT2D eigenvalue weighted by molar-refractivity contribution is 7.93. The fraction of sp³-hybridized carbons (Fsp3) is 0.375. The molecule has 0 aliphatic heterocycles. The predicted octanol–water partition coefficient (Wildman–Crippen LogP) is 3.01. The Balaban J connectivity index is 2.73. The van der Waals surface area contributed by atoms with E-state index in [-0.39, 0.29) is 16.0 Å². The summed E-state index contributed by atoms with van der Waals surface area (Å²) in [5.41, 5.74) is 0.128. The van der Waals surface area contributed by atoms with Gasteiger partial charge in [-0.15, -0.1) is 0 Å². The molecule has 2 rings (SSSR count). The maximum Gasteiger partial charge on any atom is 0.234 e. The predicted molar refractivity (Wildman–Crippen MR) is 90.6 cm³/mol. The van der Waals surface area contributed by atoms with Crippen LogP contribution in [0, 0.1) is 11.6 Å². The van der Waals surface area contributed by atoms with Crippen LogP contribution in [0.25, 0.3) is 5.57 Å². The molecule has 1 aromatic carbocycles. The highest BCUT2D eigenvalue weighted by Crippen LogP contribution is 2.36. The largest absolute Gasteiger partial charge is 0.245 e. The molecule has 0 aliphatic rings. The van der Waals surface area contributed by atoms with E-state index in [9.17, 15) is 17.2 Å². The monoisotopic (exact) mass is 370 g/mol. The minimum atomic E-state index is -4.08. The molecule has 0 spiro atoms. The SMILES string of the molecule is CCCCC(C(=C(C)S(N)(=O)=O)c1ccc(F)cc1F)n1cncn1. The average molecular weight is 370 g/mol. The summed E-state index contributed by atoms with van der Waals surface area (Å²) in [5, 5.41) is 9.36. The summed E-state index contributed by atoms with van der Waals surface area (Å²) in [4.78, 5) is 3.69. The number of unbranched alkanes of at least 4 members (excludes halogenated alkanes) is 1. The maximum atomic E-state index is 14.4. The number of hydrogen-bond donors (Lipinski definition) is 1. The highest BCUT2D eigenvalue weighted by atomic mass is 32.2. The molecule has 6 nitrogen and oxygen atoms in total. The Labute approximate surface area is 145 Å². The van der Waals surface area contributed by atoms with Gasteiger partial charge in [-0.25, -0.2) is 32.0 Å². The van der Waals surface area contributed by atoms with Crippen LogP contribution < -0.4 is 5.14 Å². The van der Waals surface area contributed by atoms with Crippen molar-refractivity contribution in [1.29, 1.82) is 0 Å². The van der Waals surface area contributed by atoms with Crippen molar-refractivity contribution in [2.24, 2.45) is 5.14 Å². The van der Waals surface area contributed by atoms with Gasteiger partial charge in [0.1, 0.15) is 24.3 Å². The Bertz CT molecular complexity index is 864. The number of nitrogens with zero attached hydrogens (tertiary/aromatic N) is 3. The smallest absolute Gasteiger partial charge is 0.234 e. The second kappa shape index (κ2) is 7.83. The van der Waals surface area contributed by atoms with Crippen LogP contribution in [0.2, 0.25) is 0 Å². The van der Waals surface area contributed by atoms with E-state index >= 15 is 0 Å². The molecule has 25 heavy (non-hydrogen) atoms. The summed E-state index contributed by atoms with van der Waals surface area (Å²) < 4.78 is 53.1. The Morgan fingerprint density at radius 1 is 1.36 bits per heavy atom. The minimum absolute atomic E-state index is 0.0236. The standard InChI is InChI=1S/C16H20F2N4O2S/c1-3-4-5-15(22-10-20-9-21-22)16(11(2)25(19,23)24)13-7-6-12(17)8-14(13)18/h6-10,15H,3-5H2,1-2H3,(H2,19,23,24). The molecular weight excluding hydrogens is 350 g/mol. The summed E-state index contributed by atoms with van der Waals surface area (Å²) in [6.45, 7) is 3.29. The molecule has 0 amide bonds. The number of halogens is 2. The van der Waals surface area contributed by atoms with Gasteiger partial charge in [-0.1, -0.05) is 19.8 Å². The fourth-order valence-electron chi connectivity index (χ4n) is 2.65. The summed E-state index contributed by atoms with van der Waals surface area (Å²) in [5.74, 6) is -1.61. The van der Waals surface area contributed by atoms with Crippen LogP contribution in [0.5, 0.6) is 0 Å². The molecule has 2 aromatic rings. The van der Waals surface area contributed by atoms with Crippen molar-refractivity contribution in [1.82, 2.24) is 14.8 Å². The van der Waals surface area contributed by atoms with Crippen LogP contribution in [0.1, 0.15) is 44.7 Å². The molecule has 9 heteroatoms. The van der Waals surface area contributed by atoms with Crippen molar-refractivity contribution in [2.45, 2.75) is 39.2 Å². The first-order chi connectivity index (χ1) is 11.8. The molecule has 0 bridgehead atoms. The summed E-state index contributed by atoms with van der Waals surface area (Å²) >= 11 is 0. The summed E-state index contributed by atoms with van der Waals surface area (Å²) in [7, 11) is -4.08. The van der Waals surface area contributed by atoms with E-state index in [4.69, 9.17) is 5.14 Å². The fourth-order valence-corrected chi connectivity index (χ4v) is 3.20. The lowest BCUT2D eigenvalue weighted by Crippen LogP contribution is -2.20. The van der Waals surface area contributed by atoms with Crippen molar-refractivity contribution >= 4 is 15.6 Å². The lowest BCUT2D eigenvalue weighted by atomic mass is 9.94. The van der Waals surface area contributed by atoms with Crippen molar-refractivity contribution in [3.63, 3.8) is 0 Å². The molecule has 1 atom stereocenters. The number of benzene rings is 1. The van der Waals surface area contributed by atoms with Gasteiger partial charge in [-0.05, 0) is 25.5 Å². The topological polar surface area (TPSA) is 90.9 Å². The quantitative estimate of drug-likeness (QED) is 0.811. The first-order valence-corrected chi connectivity index (χ1v) is 9.33.